The Bertz CT molecular complexity index is 917. The molecule has 0 aromatic heterocycles. The third kappa shape index (κ3) is 6.44. The second-order valence-corrected chi connectivity index (χ2v) is 11.5. The van der Waals surface area contributed by atoms with Crippen LogP contribution in [-0.4, -0.2) is 55.8 Å². The van der Waals surface area contributed by atoms with Gasteiger partial charge < -0.3 is 26.8 Å². The van der Waals surface area contributed by atoms with Crippen molar-refractivity contribution in [3.8, 4) is 0 Å². The van der Waals surface area contributed by atoms with Crippen LogP contribution in [0.2, 0.25) is 0 Å². The number of amides is 1. The molecule has 0 saturated heterocycles. The fourth-order valence-electron chi connectivity index (χ4n) is 7.59. The van der Waals surface area contributed by atoms with Crippen LogP contribution in [0, 0.1) is 34.4 Å². The molecule has 6 rings (SSSR count). The maximum atomic E-state index is 13.2. The molecule has 4 aliphatic carbocycles. The van der Waals surface area contributed by atoms with E-state index in [1.54, 1.807) is 12.1 Å². The molecule has 1 aromatic carbocycles. The number of aliphatic hydroxyl groups is 1. The van der Waals surface area contributed by atoms with Crippen molar-refractivity contribution in [3.63, 3.8) is 0 Å². The van der Waals surface area contributed by atoms with E-state index >= 15 is 0 Å². The first-order valence-electron chi connectivity index (χ1n) is 12.8. The molecule has 36 heavy (non-hydrogen) atoms. The van der Waals surface area contributed by atoms with Crippen molar-refractivity contribution in [2.75, 3.05) is 32.7 Å². The van der Waals surface area contributed by atoms with Crippen LogP contribution in [0.4, 0.5) is 4.39 Å². The van der Waals surface area contributed by atoms with Gasteiger partial charge in [0.25, 0.3) is 0 Å². The number of benzene rings is 1. The molecule has 0 radical (unpaired) electrons. The molecular formula is C26H40Cl2FN5O2. The minimum atomic E-state index is -0.405. The minimum absolute atomic E-state index is 0. The Balaban J connectivity index is 0.00000180. The predicted molar refractivity (Wildman–Crippen MR) is 144 cm³/mol. The number of aliphatic imine (C=N–C) groups is 1. The Morgan fingerprint density at radius 3 is 2.36 bits per heavy atom. The maximum absolute atomic E-state index is 13.2. The molecule has 1 heterocycles. The van der Waals surface area contributed by atoms with E-state index in [0.29, 0.717) is 26.1 Å². The predicted octanol–water partition coefficient (Wildman–Crippen LogP) is 2.40. The van der Waals surface area contributed by atoms with E-state index in [2.05, 4.69) is 20.9 Å². The molecule has 4 saturated carbocycles. The number of nitrogens with two attached hydrogens (primary N) is 1. The van der Waals surface area contributed by atoms with Gasteiger partial charge in [0, 0.05) is 26.2 Å². The van der Waals surface area contributed by atoms with Gasteiger partial charge in [-0.25, -0.2) is 4.39 Å². The molecule has 6 N–H and O–H groups in total. The summed E-state index contributed by atoms with van der Waals surface area (Å²) in [7, 11) is 0. The van der Waals surface area contributed by atoms with E-state index in [4.69, 9.17) is 5.73 Å². The Labute approximate surface area is 225 Å². The van der Waals surface area contributed by atoms with Crippen LogP contribution in [0.15, 0.2) is 29.3 Å². The number of β-amino-alcohol motifs (C(OH)–C–C–N with tert-alkyl or cyclic N) is 1. The van der Waals surface area contributed by atoms with Gasteiger partial charge in [0.1, 0.15) is 5.82 Å². The topological polar surface area (TPSA) is 112 Å². The van der Waals surface area contributed by atoms with E-state index in [9.17, 15) is 14.3 Å². The fraction of sp³-hybridized carbons (Fsp3) is 0.692. The molecule has 4 unspecified atom stereocenters. The number of hydrogen-bond donors (Lipinski definition) is 5. The highest BCUT2D eigenvalue weighted by molar-refractivity contribution is 5.85. The van der Waals surface area contributed by atoms with Crippen LogP contribution >= 0.6 is 24.8 Å². The highest BCUT2D eigenvalue weighted by Crippen LogP contribution is 2.64. The van der Waals surface area contributed by atoms with Crippen molar-refractivity contribution >= 4 is 36.7 Å². The second kappa shape index (κ2) is 11.8. The van der Waals surface area contributed by atoms with Crippen molar-refractivity contribution in [3.05, 3.63) is 35.6 Å². The summed E-state index contributed by atoms with van der Waals surface area (Å²) in [6.07, 6.45) is 7.46. The molecular weight excluding hydrogens is 504 g/mol. The summed E-state index contributed by atoms with van der Waals surface area (Å²) >= 11 is 0. The van der Waals surface area contributed by atoms with E-state index in [-0.39, 0.29) is 59.8 Å². The number of rotatable bonds is 8. The number of carbonyl (C=O) groups is 1. The molecule has 4 atom stereocenters. The lowest BCUT2D eigenvalue weighted by atomic mass is 9.44. The van der Waals surface area contributed by atoms with Gasteiger partial charge >= 0.3 is 0 Å². The van der Waals surface area contributed by atoms with Crippen LogP contribution in [0.5, 0.6) is 0 Å². The number of aliphatic hydroxyl groups excluding tert-OH is 1. The van der Waals surface area contributed by atoms with Gasteiger partial charge in [-0.05, 0) is 85.3 Å². The standard InChI is InChI=1S/C26H38FN5O2.2ClH/c27-21-3-1-17(2-4-21)6-20(11-28)23(34)31-15-25-7-18-5-19(8-25)10-26(9-18,14-25)16-32-24-29-12-22(33)13-30-24;;/h1-4,18-20,22,33H,5-16,28H2,(H,31,34)(H2,29,30,32);2*1H. The average Bonchev–Trinajstić information content (AvgIpc) is 2.81. The number of guanidine groups is 1. The molecule has 1 amide bonds. The molecule has 202 valence electrons. The van der Waals surface area contributed by atoms with Crippen LogP contribution in [0.25, 0.3) is 0 Å². The second-order valence-electron chi connectivity index (χ2n) is 11.5. The third-order valence-corrected chi connectivity index (χ3v) is 8.59. The summed E-state index contributed by atoms with van der Waals surface area (Å²) in [4.78, 5) is 17.5. The quantitative estimate of drug-likeness (QED) is 0.345. The molecule has 4 fully saturated rings. The Morgan fingerprint density at radius 1 is 1.14 bits per heavy atom. The van der Waals surface area contributed by atoms with Gasteiger partial charge in [-0.15, -0.1) is 24.8 Å². The lowest BCUT2D eigenvalue weighted by Gasteiger charge is -2.62. The highest BCUT2D eigenvalue weighted by atomic mass is 35.5. The van der Waals surface area contributed by atoms with Crippen LogP contribution in [0.3, 0.4) is 0 Å². The summed E-state index contributed by atoms with van der Waals surface area (Å²) in [6.45, 7) is 2.88. The lowest BCUT2D eigenvalue weighted by Crippen LogP contribution is -2.59. The van der Waals surface area contributed by atoms with Crippen molar-refractivity contribution in [1.82, 2.24) is 16.0 Å². The molecule has 10 heteroatoms. The summed E-state index contributed by atoms with van der Waals surface area (Å²) < 4.78 is 13.2. The number of nitrogens with zero attached hydrogens (tertiary/aromatic N) is 1. The first-order chi connectivity index (χ1) is 16.4. The number of carbonyl (C=O) groups excluding carboxylic acids is 1. The SMILES string of the molecule is Cl.Cl.NCC(Cc1ccc(F)cc1)C(=O)NCC12CC3CC(C1)CC(CNC1=NCC(O)CN1)(C3)C2. The Hall–Kier alpha value is -1.61. The first-order valence-corrected chi connectivity index (χ1v) is 12.8. The van der Waals surface area contributed by atoms with Crippen LogP contribution in [-0.2, 0) is 11.2 Å². The Kier molecular flexibility index (Phi) is 9.52. The number of hydrogen-bond acceptors (Lipinski definition) is 6. The summed E-state index contributed by atoms with van der Waals surface area (Å²) in [6, 6.07) is 6.32. The van der Waals surface area contributed by atoms with E-state index in [1.807, 2.05) is 0 Å². The van der Waals surface area contributed by atoms with Crippen molar-refractivity contribution in [2.45, 2.75) is 51.0 Å². The summed E-state index contributed by atoms with van der Waals surface area (Å²) in [5, 5.41) is 19.7. The minimum Gasteiger partial charge on any atom is -0.389 e. The van der Waals surface area contributed by atoms with Crippen LogP contribution in [0.1, 0.15) is 44.1 Å². The monoisotopic (exact) mass is 543 g/mol. The highest BCUT2D eigenvalue weighted by Gasteiger charge is 2.57. The Morgan fingerprint density at radius 2 is 1.78 bits per heavy atom. The molecule has 5 aliphatic rings. The first kappa shape index (κ1) is 29.0. The van der Waals surface area contributed by atoms with Crippen molar-refractivity contribution < 1.29 is 14.3 Å². The smallest absolute Gasteiger partial charge is 0.224 e. The van der Waals surface area contributed by atoms with E-state index < -0.39 is 6.10 Å². The van der Waals surface area contributed by atoms with Gasteiger partial charge in [-0.3, -0.25) is 9.79 Å². The third-order valence-electron chi connectivity index (χ3n) is 8.59. The van der Waals surface area contributed by atoms with Crippen molar-refractivity contribution in [2.24, 2.45) is 39.3 Å². The van der Waals surface area contributed by atoms with Gasteiger partial charge in [-0.1, -0.05) is 12.1 Å². The zero-order chi connectivity index (χ0) is 23.8. The lowest BCUT2D eigenvalue weighted by molar-refractivity contribution is -0.130. The molecule has 1 aliphatic heterocycles. The average molecular weight is 545 g/mol. The van der Waals surface area contributed by atoms with E-state index in [1.165, 1.54) is 44.2 Å². The number of halogens is 3. The molecule has 1 aromatic rings. The largest absolute Gasteiger partial charge is 0.389 e. The summed E-state index contributed by atoms with van der Waals surface area (Å²) in [5.41, 5.74) is 7.29. The van der Waals surface area contributed by atoms with E-state index in [0.717, 1.165) is 36.3 Å². The van der Waals surface area contributed by atoms with Gasteiger partial charge in [0.15, 0.2) is 5.96 Å². The maximum Gasteiger partial charge on any atom is 0.224 e. The normalized spacial score (nSPS) is 32.9. The molecule has 4 bridgehead atoms. The fourth-order valence-corrected chi connectivity index (χ4v) is 7.59. The van der Waals surface area contributed by atoms with Gasteiger partial charge in [-0.2, -0.15) is 0 Å². The zero-order valence-corrected chi connectivity index (χ0v) is 22.3. The number of nitrogens with one attached hydrogen (secondary N) is 3. The van der Waals surface area contributed by atoms with Crippen LogP contribution < -0.4 is 21.7 Å². The van der Waals surface area contributed by atoms with Crippen molar-refractivity contribution in [1.29, 1.82) is 0 Å². The summed E-state index contributed by atoms with van der Waals surface area (Å²) in [5.74, 6) is 1.69. The zero-order valence-electron chi connectivity index (χ0n) is 20.7. The molecule has 0 spiro atoms. The van der Waals surface area contributed by atoms with Gasteiger partial charge in [0.05, 0.1) is 18.6 Å². The molecule has 7 nitrogen and oxygen atoms in total. The van der Waals surface area contributed by atoms with Gasteiger partial charge in [0.2, 0.25) is 5.91 Å².